The molecule has 16 nitrogen and oxygen atoms in total. The van der Waals surface area contributed by atoms with Crippen molar-refractivity contribution >= 4 is 54.5 Å². The second-order valence-corrected chi connectivity index (χ2v) is 11.4. The van der Waals surface area contributed by atoms with Crippen molar-refractivity contribution < 1.29 is 66.7 Å². The minimum Gasteiger partial charge on any atom is -0.464 e. The van der Waals surface area contributed by atoms with Crippen molar-refractivity contribution in [2.24, 2.45) is 5.92 Å². The molecule has 0 unspecified atom stereocenters. The Morgan fingerprint density at radius 3 is 2.10 bits per heavy atom. The largest absolute Gasteiger partial charge is 0.464 e. The average Bonchev–Trinajstić information content (AvgIpc) is 3.00. The first-order valence-electron chi connectivity index (χ1n) is 15.4. The maximum absolute atomic E-state index is 12.5. The fourth-order valence-electron chi connectivity index (χ4n) is 4.78. The lowest BCUT2D eigenvalue weighted by molar-refractivity contribution is -0.270. The third kappa shape index (κ3) is 14.3. The molecule has 0 bridgehead atoms. The molecular weight excluding hydrogens is 648 g/mol. The van der Waals surface area contributed by atoms with Crippen LogP contribution in [0.4, 0.5) is 4.79 Å². The number of ketones is 2. The van der Waals surface area contributed by atoms with Crippen LogP contribution in [-0.4, -0.2) is 97.8 Å². The van der Waals surface area contributed by atoms with Crippen LogP contribution in [0.15, 0.2) is 24.3 Å². The summed E-state index contributed by atoms with van der Waals surface area (Å²) in [6.45, 7) is 10.7. The van der Waals surface area contributed by atoms with Gasteiger partial charge in [-0.15, -0.1) is 4.67 Å². The van der Waals surface area contributed by atoms with Crippen molar-refractivity contribution in [3.8, 4) is 5.75 Å². The number of ether oxygens (including phenoxy) is 7. The predicted molar refractivity (Wildman–Crippen MR) is 170 cm³/mol. The zero-order valence-corrected chi connectivity index (χ0v) is 28.3. The molecule has 1 aromatic rings. The van der Waals surface area contributed by atoms with Gasteiger partial charge < -0.3 is 43.3 Å². The Bertz CT molecular complexity index is 1400. The number of nitrogens with one attached hydrogen (secondary N) is 1. The summed E-state index contributed by atoms with van der Waals surface area (Å²) in [5, 5.41) is 2.41. The lowest BCUT2D eigenvalue weighted by atomic mass is 9.86. The van der Waals surface area contributed by atoms with E-state index in [1.54, 1.807) is 26.0 Å². The molecule has 0 radical (unpaired) electrons. The number of esters is 4. The van der Waals surface area contributed by atoms with Crippen molar-refractivity contribution in [3.63, 3.8) is 0 Å². The van der Waals surface area contributed by atoms with Crippen LogP contribution in [0, 0.1) is 5.92 Å². The van der Waals surface area contributed by atoms with E-state index in [0.29, 0.717) is 5.56 Å². The van der Waals surface area contributed by atoms with E-state index in [4.69, 9.17) is 33.2 Å². The predicted octanol–water partition coefficient (Wildman–Crippen LogP) is 1.55. The molecule has 268 valence electrons. The number of carbonyl (C=O) groups excluding carboxylic acids is 7. The summed E-state index contributed by atoms with van der Waals surface area (Å²) < 4.78 is 42.0. The maximum Gasteiger partial charge on any atom is 0.408 e. The van der Waals surface area contributed by atoms with E-state index in [1.165, 1.54) is 26.0 Å². The number of hydrogen-bond acceptors (Lipinski definition) is 14. The molecule has 49 heavy (non-hydrogen) atoms. The molecule has 1 fully saturated rings. The molecule has 0 aromatic heterocycles. The highest BCUT2D eigenvalue weighted by atomic mass is 16.7. The van der Waals surface area contributed by atoms with E-state index < -0.39 is 72.6 Å². The molecule has 1 aliphatic heterocycles. The summed E-state index contributed by atoms with van der Waals surface area (Å²) in [5.74, 6) is -4.14. The lowest BCUT2D eigenvalue weighted by Gasteiger charge is -2.44. The smallest absolute Gasteiger partial charge is 0.408 e. The highest BCUT2D eigenvalue weighted by Gasteiger charge is 2.51. The van der Waals surface area contributed by atoms with Crippen LogP contribution in [0.3, 0.4) is 0 Å². The van der Waals surface area contributed by atoms with Gasteiger partial charge in [0.1, 0.15) is 36.9 Å². The van der Waals surface area contributed by atoms with Gasteiger partial charge in [0.2, 0.25) is 12.1 Å². The standard InChI is InChI=1S/C33H42N2O14/c1-18(2)45-31(41)27(13-10-24(40)15-34-7)35-33(42)44-16-23-8-11-25(12-9-23)48-32-26(14-19(3)36)29(46-21(5)38)30(47-22(6)39)28(49-32)17-43-20(4)37/h8-9,11-12,15,18,26-30,32H,7,10,13-14,16-17H2,1-6H3/p+1/t26-,27+,28-,29-,30-,32-/m1/s1. The van der Waals surface area contributed by atoms with Gasteiger partial charge in [0.25, 0.3) is 6.72 Å². The molecule has 16 heteroatoms. The number of benzene rings is 1. The van der Waals surface area contributed by atoms with Crippen molar-refractivity contribution in [2.75, 3.05) is 6.61 Å². The zero-order valence-electron chi connectivity index (χ0n) is 28.3. The highest BCUT2D eigenvalue weighted by Crippen LogP contribution is 2.35. The van der Waals surface area contributed by atoms with Gasteiger partial charge in [-0.05, 0) is 44.9 Å². The molecule has 2 rings (SSSR count). The number of amides is 1. The second-order valence-electron chi connectivity index (χ2n) is 11.4. The number of Topliss-reactive ketones (excluding diaryl/α,β-unsaturated/α-hetero) is 2. The van der Waals surface area contributed by atoms with Gasteiger partial charge in [0.05, 0.1) is 12.0 Å². The SMILES string of the molecule is C=[N+]=CC(=O)CC[C@H](NC(=O)OCc1ccc(O[C@@H]2O[C@H](COC(C)=O)[C@@H](OC(C)=O)[C@H](OC(C)=O)[C@H]2CC(C)=O)cc1)C(=O)OC(C)C. The summed E-state index contributed by atoms with van der Waals surface area (Å²) in [7, 11) is 0. The van der Waals surface area contributed by atoms with Crippen LogP contribution in [0.2, 0.25) is 0 Å². The molecule has 1 saturated heterocycles. The van der Waals surface area contributed by atoms with Gasteiger partial charge in [0.15, 0.2) is 12.2 Å². The molecule has 1 aliphatic rings. The van der Waals surface area contributed by atoms with Crippen molar-refractivity contribution in [1.82, 2.24) is 9.98 Å². The molecule has 1 amide bonds. The van der Waals surface area contributed by atoms with Crippen LogP contribution in [0.25, 0.3) is 0 Å². The monoisotopic (exact) mass is 691 g/mol. The van der Waals surface area contributed by atoms with Crippen LogP contribution >= 0.6 is 0 Å². The van der Waals surface area contributed by atoms with Gasteiger partial charge >= 0.3 is 36.2 Å². The quantitative estimate of drug-likeness (QED) is 0.106. The third-order valence-corrected chi connectivity index (χ3v) is 6.74. The molecular formula is C33H43N2O14+. The number of nitrogens with zero attached hydrogens (tertiary/aromatic N) is 1. The van der Waals surface area contributed by atoms with Crippen molar-refractivity contribution in [1.29, 1.82) is 0 Å². The summed E-state index contributed by atoms with van der Waals surface area (Å²) >= 11 is 0. The summed E-state index contributed by atoms with van der Waals surface area (Å²) in [6, 6.07) is 5.07. The van der Waals surface area contributed by atoms with E-state index in [0.717, 1.165) is 20.1 Å². The first-order valence-corrected chi connectivity index (χ1v) is 15.4. The van der Waals surface area contributed by atoms with Crippen LogP contribution in [-0.2, 0) is 63.8 Å². The Morgan fingerprint density at radius 2 is 1.55 bits per heavy atom. The Labute approximate surface area is 283 Å². The first kappa shape index (κ1) is 40.1. The van der Waals surface area contributed by atoms with Gasteiger partial charge in [0, 0.05) is 33.6 Å². The molecule has 0 spiro atoms. The minimum absolute atomic E-state index is 0.0485. The maximum atomic E-state index is 12.5. The Balaban J connectivity index is 2.19. The topological polar surface area (TPSA) is 210 Å². The molecule has 6 atom stereocenters. The van der Waals surface area contributed by atoms with Gasteiger partial charge in [-0.3, -0.25) is 19.2 Å². The Kier molecular flexibility index (Phi) is 16.1. The van der Waals surface area contributed by atoms with E-state index in [2.05, 4.69) is 16.7 Å². The zero-order chi connectivity index (χ0) is 36.7. The summed E-state index contributed by atoms with van der Waals surface area (Å²) in [4.78, 5) is 84.7. The number of hydrogen-bond donors (Lipinski definition) is 1. The fraction of sp³-hybridized carbons (Fsp3) is 0.545. The second kappa shape index (κ2) is 19.7. The van der Waals surface area contributed by atoms with Crippen molar-refractivity contribution in [2.45, 2.75) is 104 Å². The molecule has 1 aromatic carbocycles. The van der Waals surface area contributed by atoms with Crippen LogP contribution < -0.4 is 14.7 Å². The van der Waals surface area contributed by atoms with E-state index >= 15 is 0 Å². The van der Waals surface area contributed by atoms with Gasteiger partial charge in [-0.25, -0.2) is 9.59 Å². The number of alkyl carbamates (subject to hydrolysis) is 1. The Morgan fingerprint density at radius 1 is 0.918 bits per heavy atom. The van der Waals surface area contributed by atoms with E-state index in [1.807, 2.05) is 0 Å². The molecule has 1 heterocycles. The average molecular weight is 692 g/mol. The molecule has 0 aliphatic carbocycles. The van der Waals surface area contributed by atoms with E-state index in [-0.39, 0.29) is 49.8 Å². The van der Waals surface area contributed by atoms with Gasteiger partial charge in [-0.1, -0.05) is 12.1 Å². The lowest BCUT2D eigenvalue weighted by Crippen LogP contribution is -2.60. The molecule has 0 saturated carbocycles. The summed E-state index contributed by atoms with van der Waals surface area (Å²) in [6.07, 6.45) is -5.42. The van der Waals surface area contributed by atoms with Crippen LogP contribution in [0.1, 0.15) is 66.4 Å². The highest BCUT2D eigenvalue weighted by molar-refractivity contribution is 6.27. The minimum atomic E-state index is -1.22. The third-order valence-electron chi connectivity index (χ3n) is 6.74. The number of rotatable bonds is 17. The Hall–Kier alpha value is -5.08. The van der Waals surface area contributed by atoms with Crippen LogP contribution in [0.5, 0.6) is 5.75 Å². The number of carbonyl (C=O) groups is 7. The fourth-order valence-corrected chi connectivity index (χ4v) is 4.78. The first-order chi connectivity index (χ1) is 23.1. The normalized spacial score (nSPS) is 20.4. The molecule has 1 N–H and O–H groups in total. The summed E-state index contributed by atoms with van der Waals surface area (Å²) in [5.41, 5.74) is 0.524. The van der Waals surface area contributed by atoms with Gasteiger partial charge in [-0.2, -0.15) is 0 Å². The van der Waals surface area contributed by atoms with Crippen molar-refractivity contribution in [3.05, 3.63) is 29.8 Å². The van der Waals surface area contributed by atoms with E-state index in [9.17, 15) is 33.6 Å².